The molecule has 0 unspecified atom stereocenters. The van der Waals surface area contributed by atoms with E-state index in [9.17, 15) is 0 Å². The molecule has 2 rings (SSSR count). The molecule has 78 valence electrons. The fourth-order valence-electron chi connectivity index (χ4n) is 1.37. The third kappa shape index (κ3) is 1.59. The van der Waals surface area contributed by atoms with Crippen molar-refractivity contribution in [3.63, 3.8) is 0 Å². The third-order valence-corrected chi connectivity index (χ3v) is 4.37. The van der Waals surface area contributed by atoms with Crippen LogP contribution >= 0.6 is 11.3 Å². The van der Waals surface area contributed by atoms with Crippen molar-refractivity contribution < 1.29 is 0 Å². The molecule has 1 aliphatic rings. The van der Waals surface area contributed by atoms with Gasteiger partial charge in [-0.2, -0.15) is 0 Å². The van der Waals surface area contributed by atoms with Crippen LogP contribution in [0.5, 0.6) is 0 Å². The number of nitrogens with zero attached hydrogens (tertiary/aromatic N) is 1. The maximum Gasteiger partial charge on any atom is 0.0987 e. The lowest BCUT2D eigenvalue weighted by atomic mass is 9.90. The van der Waals surface area contributed by atoms with Gasteiger partial charge in [-0.25, -0.2) is 4.98 Å². The number of thiazole rings is 1. The minimum absolute atomic E-state index is 0.0278. The monoisotopic (exact) mass is 210 g/mol. The van der Waals surface area contributed by atoms with Crippen LogP contribution in [0.3, 0.4) is 0 Å². The molecule has 0 atom stereocenters. The van der Waals surface area contributed by atoms with Gasteiger partial charge in [0.1, 0.15) is 0 Å². The number of nitrogens with two attached hydrogens (primary N) is 1. The summed E-state index contributed by atoms with van der Waals surface area (Å²) in [5, 5.41) is 3.47. The fourth-order valence-corrected chi connectivity index (χ4v) is 2.60. The van der Waals surface area contributed by atoms with Crippen molar-refractivity contribution in [2.75, 3.05) is 6.54 Å². The van der Waals surface area contributed by atoms with Crippen LogP contribution in [0.4, 0.5) is 0 Å². The summed E-state index contributed by atoms with van der Waals surface area (Å²) in [4.78, 5) is 4.73. The van der Waals surface area contributed by atoms with Gasteiger partial charge in [0.15, 0.2) is 0 Å². The first-order valence-electron chi connectivity index (χ1n) is 5.14. The van der Waals surface area contributed by atoms with Gasteiger partial charge in [-0.1, -0.05) is 20.8 Å². The van der Waals surface area contributed by atoms with E-state index in [0.29, 0.717) is 12.0 Å². The topological polar surface area (TPSA) is 38.9 Å². The van der Waals surface area contributed by atoms with E-state index in [1.807, 2.05) is 0 Å². The molecule has 1 heterocycles. The van der Waals surface area contributed by atoms with E-state index in [4.69, 9.17) is 10.7 Å². The molecule has 0 radical (unpaired) electrons. The first kappa shape index (κ1) is 10.1. The molecule has 3 heteroatoms. The van der Waals surface area contributed by atoms with Crippen molar-refractivity contribution in [1.29, 1.82) is 0 Å². The van der Waals surface area contributed by atoms with Gasteiger partial charge >= 0.3 is 0 Å². The van der Waals surface area contributed by atoms with Crippen LogP contribution < -0.4 is 5.73 Å². The number of aromatic nitrogens is 1. The van der Waals surface area contributed by atoms with Crippen molar-refractivity contribution in [2.45, 2.75) is 44.4 Å². The number of rotatable bonds is 3. The van der Waals surface area contributed by atoms with Gasteiger partial charge in [-0.05, 0) is 12.8 Å². The maximum atomic E-state index is 5.74. The fraction of sp³-hybridized carbons (Fsp3) is 0.727. The Kier molecular flexibility index (Phi) is 2.20. The highest BCUT2D eigenvalue weighted by Crippen LogP contribution is 2.49. The van der Waals surface area contributed by atoms with Gasteiger partial charge in [0.2, 0.25) is 0 Å². The quantitative estimate of drug-likeness (QED) is 0.832. The molecule has 1 saturated carbocycles. The minimum atomic E-state index is 0.0278. The average Bonchev–Trinajstić information content (AvgIpc) is 2.72. The zero-order valence-corrected chi connectivity index (χ0v) is 9.95. The van der Waals surface area contributed by atoms with Crippen molar-refractivity contribution in [2.24, 2.45) is 5.73 Å². The second-order valence-electron chi connectivity index (χ2n) is 5.19. The molecule has 0 aromatic carbocycles. The Labute approximate surface area is 89.5 Å². The van der Waals surface area contributed by atoms with Crippen LogP contribution in [0.25, 0.3) is 0 Å². The number of hydrogen-bond acceptors (Lipinski definition) is 3. The Morgan fingerprint density at radius 3 is 2.71 bits per heavy atom. The zero-order valence-electron chi connectivity index (χ0n) is 9.13. The lowest BCUT2D eigenvalue weighted by molar-refractivity contribution is 0.521. The standard InChI is InChI=1S/C11H18N2S/c1-10(2,7-12)8-6-14-9(13-8)11(3)4-5-11/h6H,4-5,7,12H2,1-3H3. The summed E-state index contributed by atoms with van der Waals surface area (Å²) in [6.45, 7) is 7.26. The molecule has 1 fully saturated rings. The van der Waals surface area contributed by atoms with Crippen LogP contribution in [-0.2, 0) is 10.8 Å². The molecule has 1 aromatic heterocycles. The summed E-state index contributed by atoms with van der Waals surface area (Å²) < 4.78 is 0. The van der Waals surface area contributed by atoms with E-state index >= 15 is 0 Å². The van der Waals surface area contributed by atoms with Crippen LogP contribution in [0, 0.1) is 0 Å². The summed E-state index contributed by atoms with van der Waals surface area (Å²) in [5.74, 6) is 0. The highest BCUT2D eigenvalue weighted by molar-refractivity contribution is 7.09. The summed E-state index contributed by atoms with van der Waals surface area (Å²) in [6, 6.07) is 0. The molecular formula is C11H18N2S. The van der Waals surface area contributed by atoms with Gasteiger partial charge in [0.05, 0.1) is 10.7 Å². The van der Waals surface area contributed by atoms with Crippen molar-refractivity contribution >= 4 is 11.3 Å². The molecule has 14 heavy (non-hydrogen) atoms. The zero-order chi connectivity index (χ0) is 10.4. The molecular weight excluding hydrogens is 192 g/mol. The molecule has 2 N–H and O–H groups in total. The normalized spacial score (nSPS) is 19.7. The van der Waals surface area contributed by atoms with Crippen LogP contribution in [0.2, 0.25) is 0 Å². The first-order valence-corrected chi connectivity index (χ1v) is 6.02. The molecule has 1 aromatic rings. The van der Waals surface area contributed by atoms with Gasteiger partial charge < -0.3 is 5.73 Å². The average molecular weight is 210 g/mol. The van der Waals surface area contributed by atoms with Crippen molar-refractivity contribution in [1.82, 2.24) is 4.98 Å². The third-order valence-electron chi connectivity index (χ3n) is 3.22. The smallest absolute Gasteiger partial charge is 0.0987 e. The van der Waals surface area contributed by atoms with Crippen LogP contribution in [-0.4, -0.2) is 11.5 Å². The van der Waals surface area contributed by atoms with Gasteiger partial charge in [0.25, 0.3) is 0 Å². The molecule has 0 saturated heterocycles. The maximum absolute atomic E-state index is 5.74. The summed E-state index contributed by atoms with van der Waals surface area (Å²) in [6.07, 6.45) is 2.59. The molecule has 1 aliphatic carbocycles. The van der Waals surface area contributed by atoms with E-state index < -0.39 is 0 Å². The Morgan fingerprint density at radius 2 is 2.21 bits per heavy atom. The Balaban J connectivity index is 2.26. The van der Waals surface area contributed by atoms with E-state index in [2.05, 4.69) is 26.2 Å². The van der Waals surface area contributed by atoms with Crippen molar-refractivity contribution in [3.05, 3.63) is 16.1 Å². The summed E-state index contributed by atoms with van der Waals surface area (Å²) >= 11 is 1.79. The molecule has 0 bridgehead atoms. The molecule has 0 spiro atoms. The Hall–Kier alpha value is -0.410. The van der Waals surface area contributed by atoms with Gasteiger partial charge in [0, 0.05) is 22.8 Å². The van der Waals surface area contributed by atoms with E-state index in [0.717, 1.165) is 5.69 Å². The van der Waals surface area contributed by atoms with Gasteiger partial charge in [-0.3, -0.25) is 0 Å². The minimum Gasteiger partial charge on any atom is -0.330 e. The highest BCUT2D eigenvalue weighted by atomic mass is 32.1. The summed E-state index contributed by atoms with van der Waals surface area (Å²) in [7, 11) is 0. The first-order chi connectivity index (χ1) is 6.48. The molecule has 2 nitrogen and oxygen atoms in total. The Bertz CT molecular complexity index is 337. The van der Waals surface area contributed by atoms with E-state index in [1.165, 1.54) is 17.8 Å². The SMILES string of the molecule is CC(C)(CN)c1csc(C2(C)CC2)n1. The van der Waals surface area contributed by atoms with Gasteiger partial charge in [-0.15, -0.1) is 11.3 Å². The van der Waals surface area contributed by atoms with Crippen molar-refractivity contribution in [3.8, 4) is 0 Å². The Morgan fingerprint density at radius 1 is 1.57 bits per heavy atom. The largest absolute Gasteiger partial charge is 0.330 e. The number of hydrogen-bond donors (Lipinski definition) is 1. The second-order valence-corrected chi connectivity index (χ2v) is 6.04. The van der Waals surface area contributed by atoms with E-state index in [1.54, 1.807) is 11.3 Å². The lowest BCUT2D eigenvalue weighted by Gasteiger charge is -2.19. The molecule has 0 amide bonds. The lowest BCUT2D eigenvalue weighted by Crippen LogP contribution is -2.28. The molecule has 0 aliphatic heterocycles. The summed E-state index contributed by atoms with van der Waals surface area (Å²) in [5.41, 5.74) is 7.32. The van der Waals surface area contributed by atoms with E-state index in [-0.39, 0.29) is 5.41 Å². The van der Waals surface area contributed by atoms with Crippen LogP contribution in [0.1, 0.15) is 44.3 Å². The predicted octanol–water partition coefficient (Wildman–Crippen LogP) is 2.43. The predicted molar refractivity (Wildman–Crippen MR) is 60.8 cm³/mol. The highest BCUT2D eigenvalue weighted by Gasteiger charge is 2.42. The van der Waals surface area contributed by atoms with Crippen LogP contribution in [0.15, 0.2) is 5.38 Å². The second kappa shape index (κ2) is 3.04.